The van der Waals surface area contributed by atoms with Crippen molar-refractivity contribution in [3.05, 3.63) is 75.5 Å². The Bertz CT molecular complexity index is 1120. The van der Waals surface area contributed by atoms with E-state index in [1.807, 2.05) is 29.0 Å². The van der Waals surface area contributed by atoms with E-state index in [0.717, 1.165) is 11.3 Å². The van der Waals surface area contributed by atoms with Crippen LogP contribution in [0.5, 0.6) is 0 Å². The maximum Gasteiger partial charge on any atom is 0.257 e. The average molecular weight is 411 g/mol. The minimum absolute atomic E-state index is 0.227. The van der Waals surface area contributed by atoms with E-state index in [4.69, 9.17) is 16.1 Å². The van der Waals surface area contributed by atoms with Crippen molar-refractivity contribution in [2.24, 2.45) is 0 Å². The van der Waals surface area contributed by atoms with E-state index in [2.05, 4.69) is 20.4 Å². The highest BCUT2D eigenvalue weighted by Gasteiger charge is 2.23. The monoisotopic (exact) mass is 410 g/mol. The molecule has 8 heteroatoms. The summed E-state index contributed by atoms with van der Waals surface area (Å²) in [5.41, 5.74) is 3.82. The van der Waals surface area contributed by atoms with Crippen LogP contribution >= 0.6 is 22.9 Å². The van der Waals surface area contributed by atoms with Gasteiger partial charge in [0.1, 0.15) is 17.0 Å². The van der Waals surface area contributed by atoms with Crippen LogP contribution < -0.4 is 5.32 Å². The number of aryl methyl sites for hydroxylation is 1. The fraction of sp³-hybridized carbons (Fsp3) is 0.100. The molecule has 0 aliphatic heterocycles. The van der Waals surface area contributed by atoms with Crippen molar-refractivity contribution in [3.63, 3.8) is 0 Å². The number of thiophene rings is 1. The van der Waals surface area contributed by atoms with Gasteiger partial charge in [0.15, 0.2) is 0 Å². The molecule has 0 aliphatic carbocycles. The normalized spacial score (nSPS) is 10.8. The van der Waals surface area contributed by atoms with Crippen LogP contribution in [0.15, 0.2) is 58.0 Å². The lowest BCUT2D eigenvalue weighted by Crippen LogP contribution is -2.24. The summed E-state index contributed by atoms with van der Waals surface area (Å²) < 4.78 is 5.26. The second kappa shape index (κ2) is 7.92. The third-order valence-corrected chi connectivity index (χ3v) is 5.22. The largest absolute Gasteiger partial charge is 0.360 e. The number of nitrogens with one attached hydrogen (secondary N) is 1. The standard InChI is InChI=1S/C20H15ClN4O2S/c1-12-17(19(25-27-12)14-4-2-3-5-15(14)21)20(26)24-10-16-18(23-8-7-22-16)13-6-9-28-11-13/h2-9,11H,10H2,1H3,(H,24,26). The molecule has 0 aliphatic rings. The van der Waals surface area contributed by atoms with Crippen LogP contribution in [-0.4, -0.2) is 21.0 Å². The van der Waals surface area contributed by atoms with E-state index in [-0.39, 0.29) is 12.5 Å². The first-order chi connectivity index (χ1) is 13.6. The smallest absolute Gasteiger partial charge is 0.257 e. The molecule has 0 bridgehead atoms. The van der Waals surface area contributed by atoms with Gasteiger partial charge in [-0.3, -0.25) is 14.8 Å². The van der Waals surface area contributed by atoms with Crippen molar-refractivity contribution < 1.29 is 9.32 Å². The predicted molar refractivity (Wildman–Crippen MR) is 108 cm³/mol. The first kappa shape index (κ1) is 18.3. The SMILES string of the molecule is Cc1onc(-c2ccccc2Cl)c1C(=O)NCc1nccnc1-c1ccsc1. The zero-order chi connectivity index (χ0) is 19.5. The lowest BCUT2D eigenvalue weighted by Gasteiger charge is -2.09. The van der Waals surface area contributed by atoms with Gasteiger partial charge in [-0.1, -0.05) is 35.0 Å². The number of carbonyl (C=O) groups is 1. The highest BCUT2D eigenvalue weighted by atomic mass is 35.5. The Morgan fingerprint density at radius 1 is 1.18 bits per heavy atom. The third-order valence-electron chi connectivity index (χ3n) is 4.20. The molecule has 4 rings (SSSR count). The molecule has 4 aromatic rings. The molecule has 3 aromatic heterocycles. The van der Waals surface area contributed by atoms with Crippen molar-refractivity contribution in [2.75, 3.05) is 0 Å². The summed E-state index contributed by atoms with van der Waals surface area (Å²) in [6.07, 6.45) is 3.25. The molecule has 1 amide bonds. The second-order valence-electron chi connectivity index (χ2n) is 5.99. The van der Waals surface area contributed by atoms with Crippen LogP contribution in [0, 0.1) is 6.92 Å². The first-order valence-corrected chi connectivity index (χ1v) is 9.79. The number of hydrogen-bond acceptors (Lipinski definition) is 6. The van der Waals surface area contributed by atoms with Gasteiger partial charge in [-0.2, -0.15) is 11.3 Å². The number of benzene rings is 1. The van der Waals surface area contributed by atoms with E-state index in [9.17, 15) is 4.79 Å². The Kier molecular flexibility index (Phi) is 5.18. The van der Waals surface area contributed by atoms with Crippen molar-refractivity contribution in [3.8, 4) is 22.5 Å². The molecule has 28 heavy (non-hydrogen) atoms. The van der Waals surface area contributed by atoms with Crippen LogP contribution in [-0.2, 0) is 6.54 Å². The fourth-order valence-electron chi connectivity index (χ4n) is 2.87. The van der Waals surface area contributed by atoms with Crippen molar-refractivity contribution in [1.82, 2.24) is 20.4 Å². The van der Waals surface area contributed by atoms with E-state index in [0.29, 0.717) is 33.3 Å². The van der Waals surface area contributed by atoms with Crippen molar-refractivity contribution in [1.29, 1.82) is 0 Å². The number of hydrogen-bond donors (Lipinski definition) is 1. The van der Waals surface area contributed by atoms with Crippen LogP contribution in [0.25, 0.3) is 22.5 Å². The Morgan fingerprint density at radius 2 is 2.00 bits per heavy atom. The van der Waals surface area contributed by atoms with Gasteiger partial charge in [0.05, 0.1) is 23.0 Å². The summed E-state index contributed by atoms with van der Waals surface area (Å²) in [5, 5.41) is 11.4. The van der Waals surface area contributed by atoms with Gasteiger partial charge in [-0.15, -0.1) is 0 Å². The molecule has 0 unspecified atom stereocenters. The van der Waals surface area contributed by atoms with Gasteiger partial charge in [0.2, 0.25) is 0 Å². The summed E-state index contributed by atoms with van der Waals surface area (Å²) in [6.45, 7) is 1.92. The van der Waals surface area contributed by atoms with E-state index < -0.39 is 0 Å². The van der Waals surface area contributed by atoms with Crippen LogP contribution in [0.2, 0.25) is 5.02 Å². The number of aromatic nitrogens is 3. The molecular weight excluding hydrogens is 396 g/mol. The number of nitrogens with zero attached hydrogens (tertiary/aromatic N) is 3. The molecule has 6 nitrogen and oxygen atoms in total. The molecule has 0 spiro atoms. The Hall–Kier alpha value is -3.03. The molecule has 1 aromatic carbocycles. The maximum atomic E-state index is 12.9. The quantitative estimate of drug-likeness (QED) is 0.513. The molecule has 0 fully saturated rings. The minimum Gasteiger partial charge on any atom is -0.360 e. The summed E-state index contributed by atoms with van der Waals surface area (Å²) >= 11 is 7.84. The minimum atomic E-state index is -0.310. The van der Waals surface area contributed by atoms with Crippen LogP contribution in [0.3, 0.4) is 0 Å². The molecule has 3 heterocycles. The first-order valence-electron chi connectivity index (χ1n) is 8.47. The van der Waals surface area contributed by atoms with Gasteiger partial charge in [-0.05, 0) is 24.4 Å². The number of carbonyl (C=O) groups excluding carboxylic acids is 1. The molecule has 0 radical (unpaired) electrons. The number of rotatable bonds is 5. The summed E-state index contributed by atoms with van der Waals surface area (Å²) in [6, 6.07) is 9.17. The maximum absolute atomic E-state index is 12.9. The van der Waals surface area contributed by atoms with Gasteiger partial charge in [0, 0.05) is 28.9 Å². The molecule has 0 saturated carbocycles. The Labute approximate surface area is 170 Å². The van der Waals surface area contributed by atoms with Gasteiger partial charge < -0.3 is 9.84 Å². The third kappa shape index (κ3) is 3.54. The van der Waals surface area contributed by atoms with Crippen LogP contribution in [0.4, 0.5) is 0 Å². The fourth-order valence-corrected chi connectivity index (χ4v) is 3.73. The zero-order valence-corrected chi connectivity index (χ0v) is 16.4. The summed E-state index contributed by atoms with van der Waals surface area (Å²) in [7, 11) is 0. The van der Waals surface area contributed by atoms with Gasteiger partial charge in [0.25, 0.3) is 5.91 Å². The topological polar surface area (TPSA) is 80.9 Å². The zero-order valence-electron chi connectivity index (χ0n) is 14.8. The molecule has 1 N–H and O–H groups in total. The molecule has 140 valence electrons. The van der Waals surface area contributed by atoms with Crippen molar-refractivity contribution in [2.45, 2.75) is 13.5 Å². The number of amides is 1. The highest BCUT2D eigenvalue weighted by molar-refractivity contribution is 7.08. The van der Waals surface area contributed by atoms with Gasteiger partial charge >= 0.3 is 0 Å². The molecule has 0 saturated heterocycles. The van der Waals surface area contributed by atoms with E-state index in [1.54, 1.807) is 42.8 Å². The lowest BCUT2D eigenvalue weighted by molar-refractivity contribution is 0.0949. The number of halogens is 1. The highest BCUT2D eigenvalue weighted by Crippen LogP contribution is 2.31. The van der Waals surface area contributed by atoms with E-state index in [1.165, 1.54) is 0 Å². The van der Waals surface area contributed by atoms with E-state index >= 15 is 0 Å². The predicted octanol–water partition coefficient (Wildman–Crippen LogP) is 4.75. The van der Waals surface area contributed by atoms with Crippen molar-refractivity contribution >= 4 is 28.8 Å². The average Bonchev–Trinajstić information content (AvgIpc) is 3.37. The molecule has 0 atom stereocenters. The van der Waals surface area contributed by atoms with Crippen LogP contribution in [0.1, 0.15) is 21.8 Å². The molecular formula is C20H15ClN4O2S. The Morgan fingerprint density at radius 3 is 2.79 bits per heavy atom. The van der Waals surface area contributed by atoms with Gasteiger partial charge in [-0.25, -0.2) is 0 Å². The summed E-state index contributed by atoms with van der Waals surface area (Å²) in [5.74, 6) is 0.111. The lowest BCUT2D eigenvalue weighted by atomic mass is 10.1. The Balaban J connectivity index is 1.60. The second-order valence-corrected chi connectivity index (χ2v) is 7.18. The summed E-state index contributed by atoms with van der Waals surface area (Å²) in [4.78, 5) is 21.7.